The van der Waals surface area contributed by atoms with Crippen LogP contribution < -0.4 is 14.8 Å². The van der Waals surface area contributed by atoms with Gasteiger partial charge in [-0.2, -0.15) is 0 Å². The van der Waals surface area contributed by atoms with Crippen molar-refractivity contribution in [2.24, 2.45) is 0 Å². The van der Waals surface area contributed by atoms with Crippen LogP contribution in [0.5, 0.6) is 11.5 Å². The van der Waals surface area contributed by atoms with E-state index in [1.165, 1.54) is 11.8 Å². The van der Waals surface area contributed by atoms with Crippen molar-refractivity contribution in [1.29, 1.82) is 0 Å². The lowest BCUT2D eigenvalue weighted by molar-refractivity contribution is -0.113. The van der Waals surface area contributed by atoms with Gasteiger partial charge in [-0.15, -0.1) is 11.8 Å². The van der Waals surface area contributed by atoms with E-state index in [1.807, 2.05) is 18.2 Å². The highest BCUT2D eigenvalue weighted by Crippen LogP contribution is 2.34. The summed E-state index contributed by atoms with van der Waals surface area (Å²) in [5, 5.41) is 3.64. The fourth-order valence-corrected chi connectivity index (χ4v) is 3.06. The first-order chi connectivity index (χ1) is 11.1. The third-order valence-electron chi connectivity index (χ3n) is 3.09. The summed E-state index contributed by atoms with van der Waals surface area (Å²) in [5.41, 5.74) is 0.618. The highest BCUT2D eigenvalue weighted by atomic mass is 35.5. The minimum atomic E-state index is -0.122. The second-order valence-corrected chi connectivity index (χ2v) is 6.63. The van der Waals surface area contributed by atoms with Crippen LogP contribution in [0.3, 0.4) is 0 Å². The van der Waals surface area contributed by atoms with Crippen LogP contribution >= 0.6 is 35.0 Å². The molecule has 1 heterocycles. The molecule has 0 aliphatic carbocycles. The summed E-state index contributed by atoms with van der Waals surface area (Å²) in [7, 11) is 0. The third kappa shape index (κ3) is 4.25. The van der Waals surface area contributed by atoms with Gasteiger partial charge in [-0.3, -0.25) is 4.79 Å². The number of hydrogen-bond acceptors (Lipinski definition) is 4. The van der Waals surface area contributed by atoms with Crippen LogP contribution in [0.2, 0.25) is 10.0 Å². The number of benzene rings is 2. The monoisotopic (exact) mass is 369 g/mol. The number of carbonyl (C=O) groups excluding carboxylic acids is 1. The van der Waals surface area contributed by atoms with Crippen LogP contribution in [0.25, 0.3) is 0 Å². The summed E-state index contributed by atoms with van der Waals surface area (Å²) in [4.78, 5) is 12.9. The van der Waals surface area contributed by atoms with Crippen molar-refractivity contribution in [3.63, 3.8) is 0 Å². The summed E-state index contributed by atoms with van der Waals surface area (Å²) in [6.45, 7) is 1.10. The SMILES string of the molecule is O=C(CSc1ccc2c(c1)OCCO2)Nc1ccc(Cl)c(Cl)c1. The highest BCUT2D eigenvalue weighted by molar-refractivity contribution is 8.00. The van der Waals surface area contributed by atoms with Crippen molar-refractivity contribution in [3.05, 3.63) is 46.4 Å². The van der Waals surface area contributed by atoms with Gasteiger partial charge in [0.05, 0.1) is 15.8 Å². The molecule has 0 bridgehead atoms. The van der Waals surface area contributed by atoms with Crippen LogP contribution in [0.15, 0.2) is 41.3 Å². The number of carbonyl (C=O) groups is 1. The van der Waals surface area contributed by atoms with Crippen molar-refractivity contribution in [3.8, 4) is 11.5 Å². The van der Waals surface area contributed by atoms with E-state index < -0.39 is 0 Å². The summed E-state index contributed by atoms with van der Waals surface area (Å²) in [5.74, 6) is 1.61. The predicted octanol–water partition coefficient (Wildman–Crippen LogP) is 4.50. The van der Waals surface area contributed by atoms with E-state index in [4.69, 9.17) is 32.7 Å². The summed E-state index contributed by atoms with van der Waals surface area (Å²) < 4.78 is 11.0. The number of nitrogens with one attached hydrogen (secondary N) is 1. The lowest BCUT2D eigenvalue weighted by atomic mass is 10.3. The van der Waals surface area contributed by atoms with E-state index in [0.29, 0.717) is 34.7 Å². The molecule has 4 nitrogen and oxygen atoms in total. The van der Waals surface area contributed by atoms with E-state index in [1.54, 1.807) is 18.2 Å². The van der Waals surface area contributed by atoms with Crippen LogP contribution in [0.1, 0.15) is 0 Å². The first kappa shape index (κ1) is 16.3. The highest BCUT2D eigenvalue weighted by Gasteiger charge is 2.12. The van der Waals surface area contributed by atoms with Gasteiger partial charge in [-0.1, -0.05) is 23.2 Å². The van der Waals surface area contributed by atoms with Crippen LogP contribution in [0.4, 0.5) is 5.69 Å². The Morgan fingerprint density at radius 2 is 1.83 bits per heavy atom. The van der Waals surface area contributed by atoms with Crippen molar-refractivity contribution in [1.82, 2.24) is 0 Å². The Labute approximate surface area is 148 Å². The maximum Gasteiger partial charge on any atom is 0.234 e. The van der Waals surface area contributed by atoms with Crippen LogP contribution in [-0.2, 0) is 4.79 Å². The number of rotatable bonds is 4. The molecule has 23 heavy (non-hydrogen) atoms. The molecule has 0 saturated heterocycles. The number of anilines is 1. The van der Waals surface area contributed by atoms with Gasteiger partial charge in [0.2, 0.25) is 5.91 Å². The van der Waals surface area contributed by atoms with E-state index in [2.05, 4.69) is 5.32 Å². The van der Waals surface area contributed by atoms with Crippen molar-refractivity contribution in [2.45, 2.75) is 4.90 Å². The van der Waals surface area contributed by atoms with Gasteiger partial charge in [-0.25, -0.2) is 0 Å². The normalized spacial score (nSPS) is 12.8. The molecule has 2 aromatic rings. The molecule has 2 aromatic carbocycles. The molecule has 1 N–H and O–H groups in total. The fraction of sp³-hybridized carbons (Fsp3) is 0.188. The number of thioether (sulfide) groups is 1. The summed E-state index contributed by atoms with van der Waals surface area (Å²) in [6.07, 6.45) is 0. The molecular weight excluding hydrogens is 357 g/mol. The molecule has 0 atom stereocenters. The van der Waals surface area contributed by atoms with Gasteiger partial charge in [0.1, 0.15) is 13.2 Å². The number of fused-ring (bicyclic) bond motifs is 1. The summed E-state index contributed by atoms with van der Waals surface area (Å²) >= 11 is 13.2. The number of halogens is 2. The van der Waals surface area contributed by atoms with Crippen molar-refractivity contribution >= 4 is 46.6 Å². The lowest BCUT2D eigenvalue weighted by Gasteiger charge is -2.18. The standard InChI is InChI=1S/C16H13Cl2NO3S/c17-12-3-1-10(7-13(12)18)19-16(20)9-23-11-2-4-14-15(8-11)22-6-5-21-14/h1-4,7-8H,5-6,9H2,(H,19,20). The van der Waals surface area contributed by atoms with Gasteiger partial charge in [0, 0.05) is 10.6 Å². The van der Waals surface area contributed by atoms with Crippen LogP contribution in [0, 0.1) is 0 Å². The average Bonchev–Trinajstić information content (AvgIpc) is 2.56. The Morgan fingerprint density at radius 3 is 2.61 bits per heavy atom. The molecule has 0 unspecified atom stereocenters. The second-order valence-electron chi connectivity index (χ2n) is 4.77. The quantitative estimate of drug-likeness (QED) is 0.806. The van der Waals surface area contributed by atoms with Crippen molar-refractivity contribution in [2.75, 3.05) is 24.3 Å². The number of ether oxygens (including phenoxy) is 2. The Morgan fingerprint density at radius 1 is 1.04 bits per heavy atom. The molecule has 3 rings (SSSR count). The molecule has 1 amide bonds. The Kier molecular flexibility index (Phi) is 5.20. The molecule has 0 aromatic heterocycles. The van der Waals surface area contributed by atoms with Gasteiger partial charge in [0.15, 0.2) is 11.5 Å². The fourth-order valence-electron chi connectivity index (χ4n) is 2.03. The topological polar surface area (TPSA) is 47.6 Å². The zero-order valence-corrected chi connectivity index (χ0v) is 14.3. The minimum absolute atomic E-state index is 0.122. The van der Waals surface area contributed by atoms with Gasteiger partial charge >= 0.3 is 0 Å². The molecule has 0 radical (unpaired) electrons. The summed E-state index contributed by atoms with van der Waals surface area (Å²) in [6, 6.07) is 10.6. The van der Waals surface area contributed by atoms with Gasteiger partial charge in [0.25, 0.3) is 0 Å². The van der Waals surface area contributed by atoms with Gasteiger partial charge in [-0.05, 0) is 36.4 Å². The molecule has 0 saturated carbocycles. The number of amides is 1. The van der Waals surface area contributed by atoms with Gasteiger partial charge < -0.3 is 14.8 Å². The van der Waals surface area contributed by atoms with E-state index in [-0.39, 0.29) is 11.7 Å². The molecular formula is C16H13Cl2NO3S. The third-order valence-corrected chi connectivity index (χ3v) is 4.82. The molecule has 0 spiro atoms. The maximum atomic E-state index is 12.0. The first-order valence-electron chi connectivity index (χ1n) is 6.89. The van der Waals surface area contributed by atoms with Crippen LogP contribution in [-0.4, -0.2) is 24.9 Å². The Bertz CT molecular complexity index is 739. The van der Waals surface area contributed by atoms with E-state index >= 15 is 0 Å². The minimum Gasteiger partial charge on any atom is -0.486 e. The number of hydrogen-bond donors (Lipinski definition) is 1. The molecule has 1 aliphatic heterocycles. The lowest BCUT2D eigenvalue weighted by Crippen LogP contribution is -2.15. The van der Waals surface area contributed by atoms with E-state index in [0.717, 1.165) is 10.6 Å². The van der Waals surface area contributed by atoms with Crippen molar-refractivity contribution < 1.29 is 14.3 Å². The smallest absolute Gasteiger partial charge is 0.234 e. The first-order valence-corrected chi connectivity index (χ1v) is 8.63. The average molecular weight is 370 g/mol. The zero-order valence-electron chi connectivity index (χ0n) is 12.0. The molecule has 0 fully saturated rings. The zero-order chi connectivity index (χ0) is 16.2. The predicted molar refractivity (Wildman–Crippen MR) is 93.2 cm³/mol. The largest absolute Gasteiger partial charge is 0.486 e. The Hall–Kier alpha value is -1.56. The second kappa shape index (κ2) is 7.34. The Balaban J connectivity index is 1.57. The molecule has 7 heteroatoms. The maximum absolute atomic E-state index is 12.0. The molecule has 1 aliphatic rings. The van der Waals surface area contributed by atoms with E-state index in [9.17, 15) is 4.79 Å². The molecule has 120 valence electrons.